The molecule has 120 valence electrons. The Bertz CT molecular complexity index is 735. The average Bonchev–Trinajstić information content (AvgIpc) is 3.09. The number of piperidine rings is 1. The molecule has 0 amide bonds. The van der Waals surface area contributed by atoms with Crippen LogP contribution in [0.5, 0.6) is 0 Å². The Hall–Kier alpha value is -1.67. The second-order valence-corrected chi connectivity index (χ2v) is 7.82. The van der Waals surface area contributed by atoms with E-state index in [2.05, 4.69) is 15.3 Å². The molecule has 8 heteroatoms. The molecule has 1 unspecified atom stereocenters. The van der Waals surface area contributed by atoms with Gasteiger partial charge in [0.15, 0.2) is 0 Å². The SMILES string of the molecule is Cc1nn(C)cc1S(=O)(=O)N1CCCC(Cc2ccn[nH]2)C1. The third-order valence-corrected chi connectivity index (χ3v) is 6.10. The first-order valence-electron chi connectivity index (χ1n) is 7.45. The largest absolute Gasteiger partial charge is 0.283 e. The normalized spacial score (nSPS) is 20.4. The first-order valence-corrected chi connectivity index (χ1v) is 8.89. The second-order valence-electron chi connectivity index (χ2n) is 5.91. The Kier molecular flexibility index (Phi) is 4.05. The van der Waals surface area contributed by atoms with Crippen LogP contribution < -0.4 is 0 Å². The van der Waals surface area contributed by atoms with Gasteiger partial charge >= 0.3 is 0 Å². The Morgan fingerprint density at radius 3 is 2.91 bits per heavy atom. The molecule has 1 aliphatic rings. The average molecular weight is 323 g/mol. The van der Waals surface area contributed by atoms with Crippen molar-refractivity contribution in [1.29, 1.82) is 0 Å². The van der Waals surface area contributed by atoms with E-state index in [1.54, 1.807) is 35.4 Å². The van der Waals surface area contributed by atoms with Gasteiger partial charge in [0, 0.05) is 38.2 Å². The van der Waals surface area contributed by atoms with E-state index in [1.165, 1.54) is 0 Å². The van der Waals surface area contributed by atoms with Gasteiger partial charge in [0.1, 0.15) is 4.90 Å². The minimum absolute atomic E-state index is 0.317. The third-order valence-electron chi connectivity index (χ3n) is 4.13. The summed E-state index contributed by atoms with van der Waals surface area (Å²) in [6.45, 7) is 2.87. The van der Waals surface area contributed by atoms with Crippen LogP contribution in [-0.2, 0) is 23.5 Å². The van der Waals surface area contributed by atoms with E-state index in [9.17, 15) is 8.42 Å². The van der Waals surface area contributed by atoms with Crippen LogP contribution in [0, 0.1) is 12.8 Å². The molecule has 22 heavy (non-hydrogen) atoms. The van der Waals surface area contributed by atoms with E-state index in [0.29, 0.717) is 29.6 Å². The van der Waals surface area contributed by atoms with Gasteiger partial charge in [-0.2, -0.15) is 14.5 Å². The van der Waals surface area contributed by atoms with Crippen molar-refractivity contribution in [2.45, 2.75) is 31.1 Å². The fourth-order valence-corrected chi connectivity index (χ4v) is 4.85. The van der Waals surface area contributed by atoms with Gasteiger partial charge in [-0.15, -0.1) is 0 Å². The lowest BCUT2D eigenvalue weighted by atomic mass is 9.95. The van der Waals surface area contributed by atoms with Crippen LogP contribution >= 0.6 is 0 Å². The summed E-state index contributed by atoms with van der Waals surface area (Å²) >= 11 is 0. The number of nitrogens with one attached hydrogen (secondary N) is 1. The van der Waals surface area contributed by atoms with Crippen LogP contribution in [-0.4, -0.2) is 45.8 Å². The number of sulfonamides is 1. The third kappa shape index (κ3) is 2.93. The number of H-pyrrole nitrogens is 1. The minimum atomic E-state index is -3.46. The zero-order valence-corrected chi connectivity index (χ0v) is 13.7. The van der Waals surface area contributed by atoms with E-state index in [-0.39, 0.29) is 0 Å². The number of aromatic amines is 1. The summed E-state index contributed by atoms with van der Waals surface area (Å²) in [4.78, 5) is 0.317. The van der Waals surface area contributed by atoms with E-state index in [1.807, 2.05) is 6.07 Å². The van der Waals surface area contributed by atoms with Gasteiger partial charge in [-0.25, -0.2) is 8.42 Å². The topological polar surface area (TPSA) is 83.9 Å². The highest BCUT2D eigenvalue weighted by Gasteiger charge is 2.32. The smallest absolute Gasteiger partial charge is 0.246 e. The van der Waals surface area contributed by atoms with Crippen LogP contribution in [0.4, 0.5) is 0 Å². The summed E-state index contributed by atoms with van der Waals surface area (Å²) in [5.41, 5.74) is 1.61. The van der Waals surface area contributed by atoms with Crippen LogP contribution in [0.25, 0.3) is 0 Å². The van der Waals surface area contributed by atoms with Crippen molar-refractivity contribution in [3.63, 3.8) is 0 Å². The standard InChI is InChI=1S/C14H21N5O2S/c1-11-14(10-18(2)17-11)22(20,21)19-7-3-4-12(9-19)8-13-5-6-15-16-13/h5-6,10,12H,3-4,7-9H2,1-2H3,(H,15,16). The molecule has 3 heterocycles. The number of nitrogens with zero attached hydrogens (tertiary/aromatic N) is 4. The fourth-order valence-electron chi connectivity index (χ4n) is 3.09. The van der Waals surface area contributed by atoms with Gasteiger partial charge < -0.3 is 0 Å². The van der Waals surface area contributed by atoms with Gasteiger partial charge in [-0.05, 0) is 38.2 Å². The Labute approximate surface area is 130 Å². The fraction of sp³-hybridized carbons (Fsp3) is 0.571. The predicted molar refractivity (Wildman–Crippen MR) is 81.7 cm³/mol. The van der Waals surface area contributed by atoms with Crippen molar-refractivity contribution in [2.24, 2.45) is 13.0 Å². The molecule has 2 aromatic rings. The molecule has 3 rings (SSSR count). The van der Waals surface area contributed by atoms with Crippen LogP contribution in [0.3, 0.4) is 0 Å². The highest BCUT2D eigenvalue weighted by molar-refractivity contribution is 7.89. The maximum absolute atomic E-state index is 12.8. The summed E-state index contributed by atoms with van der Waals surface area (Å²) in [6, 6.07) is 1.94. The van der Waals surface area contributed by atoms with E-state index < -0.39 is 10.0 Å². The summed E-state index contributed by atoms with van der Waals surface area (Å²) in [5, 5.41) is 11.0. The van der Waals surface area contributed by atoms with Crippen molar-refractivity contribution < 1.29 is 8.42 Å². The molecule has 1 aliphatic heterocycles. The van der Waals surface area contributed by atoms with E-state index in [4.69, 9.17) is 0 Å². The number of aromatic nitrogens is 4. The molecule has 0 bridgehead atoms. The first kappa shape index (κ1) is 15.2. The van der Waals surface area contributed by atoms with Crippen LogP contribution in [0.15, 0.2) is 23.4 Å². The maximum atomic E-state index is 12.8. The summed E-state index contributed by atoms with van der Waals surface area (Å²) in [6.07, 6.45) is 6.07. The van der Waals surface area contributed by atoms with Gasteiger partial charge in [0.2, 0.25) is 10.0 Å². The molecule has 0 aliphatic carbocycles. The Morgan fingerprint density at radius 1 is 1.45 bits per heavy atom. The molecule has 0 saturated carbocycles. The van der Waals surface area contributed by atoms with Gasteiger partial charge in [0.25, 0.3) is 0 Å². The zero-order valence-electron chi connectivity index (χ0n) is 12.9. The lowest BCUT2D eigenvalue weighted by Crippen LogP contribution is -2.40. The minimum Gasteiger partial charge on any atom is -0.283 e. The number of hydrogen-bond acceptors (Lipinski definition) is 4. The van der Waals surface area contributed by atoms with E-state index >= 15 is 0 Å². The van der Waals surface area contributed by atoms with Crippen LogP contribution in [0.2, 0.25) is 0 Å². The maximum Gasteiger partial charge on any atom is 0.246 e. The van der Waals surface area contributed by atoms with Gasteiger partial charge in [-0.1, -0.05) is 0 Å². The molecule has 1 N–H and O–H groups in total. The van der Waals surface area contributed by atoms with Crippen molar-refractivity contribution >= 4 is 10.0 Å². The molecule has 1 atom stereocenters. The zero-order chi connectivity index (χ0) is 15.7. The molecule has 0 radical (unpaired) electrons. The lowest BCUT2D eigenvalue weighted by Gasteiger charge is -2.31. The summed E-state index contributed by atoms with van der Waals surface area (Å²) in [7, 11) is -1.72. The highest BCUT2D eigenvalue weighted by Crippen LogP contribution is 2.26. The highest BCUT2D eigenvalue weighted by atomic mass is 32.2. The molecule has 7 nitrogen and oxygen atoms in total. The molecular formula is C14H21N5O2S. The number of aryl methyl sites for hydroxylation is 2. The molecule has 2 aromatic heterocycles. The summed E-state index contributed by atoms with van der Waals surface area (Å²) in [5.74, 6) is 0.320. The Balaban J connectivity index is 1.77. The quantitative estimate of drug-likeness (QED) is 0.913. The van der Waals surface area contributed by atoms with Crippen molar-refractivity contribution in [1.82, 2.24) is 24.3 Å². The number of rotatable bonds is 4. The molecule has 1 saturated heterocycles. The Morgan fingerprint density at radius 2 is 2.27 bits per heavy atom. The van der Waals surface area contributed by atoms with Crippen molar-refractivity contribution in [2.75, 3.05) is 13.1 Å². The molecule has 0 aromatic carbocycles. The van der Waals surface area contributed by atoms with E-state index in [0.717, 1.165) is 25.0 Å². The summed E-state index contributed by atoms with van der Waals surface area (Å²) < 4.78 is 28.8. The first-order chi connectivity index (χ1) is 10.5. The molecular weight excluding hydrogens is 302 g/mol. The number of hydrogen-bond donors (Lipinski definition) is 1. The molecule has 0 spiro atoms. The second kappa shape index (κ2) is 5.85. The predicted octanol–water partition coefficient (Wildman–Crippen LogP) is 1.10. The van der Waals surface area contributed by atoms with Gasteiger partial charge in [-0.3, -0.25) is 9.78 Å². The van der Waals surface area contributed by atoms with Crippen molar-refractivity contribution in [3.05, 3.63) is 29.8 Å². The molecule has 1 fully saturated rings. The van der Waals surface area contributed by atoms with Crippen molar-refractivity contribution in [3.8, 4) is 0 Å². The lowest BCUT2D eigenvalue weighted by molar-refractivity contribution is 0.264. The monoisotopic (exact) mass is 323 g/mol. The van der Waals surface area contributed by atoms with Gasteiger partial charge in [0.05, 0.1) is 5.69 Å². The van der Waals surface area contributed by atoms with Crippen LogP contribution in [0.1, 0.15) is 24.2 Å².